The minimum atomic E-state index is -1.02. The van der Waals surface area contributed by atoms with E-state index < -0.39 is 6.41 Å². The number of hydrogen-bond donors (Lipinski definition) is 3. The van der Waals surface area contributed by atoms with Gasteiger partial charge in [0.05, 0.1) is 6.61 Å². The number of fused-ring (bicyclic) bond motifs is 1. The van der Waals surface area contributed by atoms with Crippen molar-refractivity contribution in [1.82, 2.24) is 10.6 Å². The highest BCUT2D eigenvalue weighted by Gasteiger charge is 2.21. The summed E-state index contributed by atoms with van der Waals surface area (Å²) in [4.78, 5) is 0. The van der Waals surface area contributed by atoms with Crippen LogP contribution in [0, 0.1) is 0 Å². The molecule has 0 aromatic heterocycles. The average Bonchev–Trinajstić information content (AvgIpc) is 2.68. The van der Waals surface area contributed by atoms with E-state index in [1.807, 2.05) is 37.3 Å². The molecule has 1 aliphatic rings. The monoisotopic (exact) mass is 370 g/mol. The van der Waals surface area contributed by atoms with E-state index in [1.165, 1.54) is 11.1 Å². The van der Waals surface area contributed by atoms with Gasteiger partial charge >= 0.3 is 0 Å². The molecule has 5 heteroatoms. The fourth-order valence-electron chi connectivity index (χ4n) is 3.34. The molecular weight excluding hydrogens is 340 g/mol. The van der Waals surface area contributed by atoms with Crippen LogP contribution in [0.25, 0.3) is 0 Å². The zero-order chi connectivity index (χ0) is 19.1. The lowest BCUT2D eigenvalue weighted by molar-refractivity contribution is -0.0512. The summed E-state index contributed by atoms with van der Waals surface area (Å²) in [6.07, 6.45) is 1.87. The predicted molar refractivity (Wildman–Crippen MR) is 107 cm³/mol. The summed E-state index contributed by atoms with van der Waals surface area (Å²) >= 11 is 0. The van der Waals surface area contributed by atoms with Crippen molar-refractivity contribution in [2.24, 2.45) is 0 Å². The lowest BCUT2D eigenvalue weighted by atomic mass is 9.97. The topological polar surface area (TPSA) is 62.8 Å². The zero-order valence-electron chi connectivity index (χ0n) is 16.2. The minimum Gasteiger partial charge on any atom is -0.493 e. The number of ether oxygens (including phenoxy) is 2. The summed E-state index contributed by atoms with van der Waals surface area (Å²) in [6.45, 7) is 5.82. The van der Waals surface area contributed by atoms with Gasteiger partial charge in [-0.15, -0.1) is 0 Å². The molecule has 0 bridgehead atoms. The molecule has 5 nitrogen and oxygen atoms in total. The Bertz CT molecular complexity index is 708. The summed E-state index contributed by atoms with van der Waals surface area (Å²) < 4.78 is 11.2. The lowest BCUT2D eigenvalue weighted by Gasteiger charge is -2.28. The fraction of sp³-hybridized carbons (Fsp3) is 0.455. The van der Waals surface area contributed by atoms with Crippen LogP contribution in [0.15, 0.2) is 48.5 Å². The Morgan fingerprint density at radius 3 is 2.81 bits per heavy atom. The van der Waals surface area contributed by atoms with E-state index in [1.54, 1.807) is 0 Å². The molecule has 0 fully saturated rings. The molecule has 0 spiro atoms. The Hall–Kier alpha value is -2.08. The summed E-state index contributed by atoms with van der Waals surface area (Å²) in [5, 5.41) is 16.8. The van der Waals surface area contributed by atoms with Crippen molar-refractivity contribution < 1.29 is 14.6 Å². The second-order valence-corrected chi connectivity index (χ2v) is 7.01. The molecule has 2 aromatic carbocycles. The van der Waals surface area contributed by atoms with Gasteiger partial charge in [0.25, 0.3) is 6.41 Å². The number of nitrogens with one attached hydrogen (secondary N) is 2. The van der Waals surface area contributed by atoms with Crippen LogP contribution in [-0.4, -0.2) is 30.7 Å². The van der Waals surface area contributed by atoms with Gasteiger partial charge in [0.2, 0.25) is 0 Å². The predicted octanol–water partition coefficient (Wildman–Crippen LogP) is 3.39. The Labute approximate surface area is 161 Å². The number of para-hydroxylation sites is 1. The second-order valence-electron chi connectivity index (χ2n) is 7.01. The van der Waals surface area contributed by atoms with Crippen LogP contribution in [-0.2, 0) is 6.42 Å². The molecule has 3 rings (SSSR count). The van der Waals surface area contributed by atoms with E-state index in [2.05, 4.69) is 35.8 Å². The molecule has 2 aromatic rings. The molecule has 27 heavy (non-hydrogen) atoms. The van der Waals surface area contributed by atoms with E-state index in [-0.39, 0.29) is 6.04 Å². The third kappa shape index (κ3) is 5.70. The van der Waals surface area contributed by atoms with Crippen LogP contribution in [0.4, 0.5) is 0 Å². The Morgan fingerprint density at radius 1 is 1.22 bits per heavy atom. The summed E-state index contributed by atoms with van der Waals surface area (Å²) in [7, 11) is 0. The van der Waals surface area contributed by atoms with Crippen molar-refractivity contribution in [3.8, 4) is 11.5 Å². The van der Waals surface area contributed by atoms with Gasteiger partial charge in [0.15, 0.2) is 0 Å². The number of benzene rings is 2. The summed E-state index contributed by atoms with van der Waals surface area (Å²) in [6, 6.07) is 16.2. The van der Waals surface area contributed by atoms with Gasteiger partial charge in [-0.25, -0.2) is 0 Å². The van der Waals surface area contributed by atoms with Crippen LogP contribution in [0.3, 0.4) is 0 Å². The van der Waals surface area contributed by atoms with Crippen LogP contribution < -0.4 is 20.1 Å². The van der Waals surface area contributed by atoms with Gasteiger partial charge in [-0.3, -0.25) is 5.32 Å². The third-order valence-corrected chi connectivity index (χ3v) is 4.91. The molecule has 0 saturated carbocycles. The van der Waals surface area contributed by atoms with Gasteiger partial charge in [0, 0.05) is 24.1 Å². The van der Waals surface area contributed by atoms with Gasteiger partial charge in [-0.05, 0) is 50.1 Å². The standard InChI is InChI=1S/C22H30N2O3/c1-3-17-9-10-21-19(15-17)20(12-14-26-21)23-13-11-16(2)24-22(25)27-18-7-5-4-6-8-18/h4-10,15-16,20,22-25H,3,11-14H2,1-2H3. The smallest absolute Gasteiger partial charge is 0.257 e. The first-order valence-corrected chi connectivity index (χ1v) is 9.80. The van der Waals surface area contributed by atoms with Gasteiger partial charge in [-0.1, -0.05) is 37.3 Å². The number of rotatable bonds is 9. The maximum Gasteiger partial charge on any atom is 0.257 e. The van der Waals surface area contributed by atoms with E-state index >= 15 is 0 Å². The highest BCUT2D eigenvalue weighted by atomic mass is 16.6. The normalized spacial score (nSPS) is 18.3. The maximum absolute atomic E-state index is 10.0. The molecule has 146 valence electrons. The van der Waals surface area contributed by atoms with E-state index in [0.29, 0.717) is 11.8 Å². The lowest BCUT2D eigenvalue weighted by Crippen LogP contribution is -2.42. The van der Waals surface area contributed by atoms with Gasteiger partial charge < -0.3 is 19.9 Å². The van der Waals surface area contributed by atoms with E-state index in [0.717, 1.165) is 38.2 Å². The molecule has 0 aliphatic carbocycles. The Morgan fingerprint density at radius 2 is 2.04 bits per heavy atom. The summed E-state index contributed by atoms with van der Waals surface area (Å²) in [5.74, 6) is 1.64. The maximum atomic E-state index is 10.0. The molecule has 0 amide bonds. The van der Waals surface area contributed by atoms with Gasteiger partial charge in [-0.2, -0.15) is 0 Å². The van der Waals surface area contributed by atoms with Crippen molar-refractivity contribution >= 4 is 0 Å². The Kier molecular flexibility index (Phi) is 7.10. The minimum absolute atomic E-state index is 0.123. The molecule has 3 atom stereocenters. The van der Waals surface area contributed by atoms with Crippen LogP contribution in [0.5, 0.6) is 11.5 Å². The van der Waals surface area contributed by atoms with Crippen LogP contribution in [0.2, 0.25) is 0 Å². The van der Waals surface area contributed by atoms with Crippen molar-refractivity contribution in [2.75, 3.05) is 13.2 Å². The van der Waals surface area contributed by atoms with E-state index in [9.17, 15) is 5.11 Å². The molecule has 1 heterocycles. The third-order valence-electron chi connectivity index (χ3n) is 4.91. The van der Waals surface area contributed by atoms with Crippen molar-refractivity contribution in [3.05, 3.63) is 59.7 Å². The number of aliphatic hydroxyl groups is 1. The number of aliphatic hydroxyl groups excluding tert-OH is 1. The highest BCUT2D eigenvalue weighted by molar-refractivity contribution is 5.40. The first kappa shape index (κ1) is 19.7. The second kappa shape index (κ2) is 9.74. The van der Waals surface area contributed by atoms with Crippen molar-refractivity contribution in [3.63, 3.8) is 0 Å². The molecule has 3 N–H and O–H groups in total. The molecule has 0 radical (unpaired) electrons. The quantitative estimate of drug-likeness (QED) is 0.591. The SMILES string of the molecule is CCc1ccc2c(c1)C(NCCC(C)NC(O)Oc1ccccc1)CCO2. The average molecular weight is 370 g/mol. The molecular formula is C22H30N2O3. The van der Waals surface area contributed by atoms with Gasteiger partial charge in [0.1, 0.15) is 11.5 Å². The van der Waals surface area contributed by atoms with E-state index in [4.69, 9.17) is 9.47 Å². The number of aryl methyl sites for hydroxylation is 1. The van der Waals surface area contributed by atoms with Crippen molar-refractivity contribution in [2.45, 2.75) is 51.6 Å². The molecule has 1 aliphatic heterocycles. The fourth-order valence-corrected chi connectivity index (χ4v) is 3.34. The largest absolute Gasteiger partial charge is 0.493 e. The first-order chi connectivity index (χ1) is 13.2. The van der Waals surface area contributed by atoms with Crippen LogP contribution in [0.1, 0.15) is 43.9 Å². The zero-order valence-corrected chi connectivity index (χ0v) is 16.2. The molecule has 0 saturated heterocycles. The first-order valence-electron chi connectivity index (χ1n) is 9.80. The highest BCUT2D eigenvalue weighted by Crippen LogP contribution is 2.32. The number of hydrogen-bond acceptors (Lipinski definition) is 5. The van der Waals surface area contributed by atoms with Crippen LogP contribution >= 0.6 is 0 Å². The van der Waals surface area contributed by atoms with Crippen molar-refractivity contribution in [1.29, 1.82) is 0 Å². The Balaban J connectivity index is 1.44. The summed E-state index contributed by atoms with van der Waals surface area (Å²) in [5.41, 5.74) is 2.59. The molecule has 3 unspecified atom stereocenters.